The molecule has 1 saturated carbocycles. The van der Waals surface area contributed by atoms with Gasteiger partial charge in [-0.1, -0.05) is 19.1 Å². The van der Waals surface area contributed by atoms with Crippen molar-refractivity contribution < 1.29 is 14.5 Å². The molecule has 1 N–H and O–H groups in total. The summed E-state index contributed by atoms with van der Waals surface area (Å²) >= 11 is 0. The molecule has 1 amide bonds. The number of hydrogen-bond acceptors (Lipinski definition) is 5. The molecule has 1 aromatic carbocycles. The Balaban J connectivity index is 1.83. The van der Waals surface area contributed by atoms with E-state index in [1.165, 1.54) is 12.1 Å². The van der Waals surface area contributed by atoms with Crippen LogP contribution in [0.25, 0.3) is 0 Å². The van der Waals surface area contributed by atoms with E-state index in [9.17, 15) is 14.9 Å². The molecule has 0 saturated heterocycles. The molecule has 1 aliphatic rings. The summed E-state index contributed by atoms with van der Waals surface area (Å²) in [5.74, 6) is 0.350. The van der Waals surface area contributed by atoms with E-state index in [2.05, 4.69) is 17.5 Å². The standard InChI is InChI=1S/C15H19N3O4/c1-11-6-8-12(9-7-11)16-17-15(19)10-22-14-5-3-2-4-13(14)18(20)21/h2-5,11H,6-10H2,1H3,(H,17,19). The number of nitro benzene ring substituents is 1. The lowest BCUT2D eigenvalue weighted by Crippen LogP contribution is -2.26. The summed E-state index contributed by atoms with van der Waals surface area (Å²) in [6.07, 6.45) is 3.96. The van der Waals surface area contributed by atoms with Gasteiger partial charge in [0.1, 0.15) is 0 Å². The van der Waals surface area contributed by atoms with Crippen LogP contribution in [0.4, 0.5) is 5.69 Å². The molecule has 0 heterocycles. The summed E-state index contributed by atoms with van der Waals surface area (Å²) in [6.45, 7) is 1.90. The molecule has 0 unspecified atom stereocenters. The van der Waals surface area contributed by atoms with Gasteiger partial charge in [-0.25, -0.2) is 5.43 Å². The molecule has 22 heavy (non-hydrogen) atoms. The van der Waals surface area contributed by atoms with E-state index in [1.807, 2.05) is 0 Å². The molecular weight excluding hydrogens is 286 g/mol. The predicted octanol–water partition coefficient (Wildman–Crippen LogP) is 2.66. The van der Waals surface area contributed by atoms with Gasteiger partial charge in [-0.05, 0) is 37.7 Å². The van der Waals surface area contributed by atoms with E-state index in [-0.39, 0.29) is 18.0 Å². The van der Waals surface area contributed by atoms with Gasteiger partial charge in [-0.15, -0.1) is 0 Å². The maximum absolute atomic E-state index is 11.7. The van der Waals surface area contributed by atoms with E-state index in [1.54, 1.807) is 12.1 Å². The molecule has 0 spiro atoms. The Morgan fingerprint density at radius 1 is 1.41 bits per heavy atom. The number of ether oxygens (including phenoxy) is 1. The zero-order valence-electron chi connectivity index (χ0n) is 12.4. The number of hydrazone groups is 1. The summed E-state index contributed by atoms with van der Waals surface area (Å²) in [5, 5.41) is 14.9. The summed E-state index contributed by atoms with van der Waals surface area (Å²) in [7, 11) is 0. The zero-order valence-corrected chi connectivity index (χ0v) is 12.4. The minimum absolute atomic E-state index is 0.0711. The lowest BCUT2D eigenvalue weighted by molar-refractivity contribution is -0.385. The van der Waals surface area contributed by atoms with E-state index in [0.29, 0.717) is 5.92 Å². The Labute approximate surface area is 128 Å². The van der Waals surface area contributed by atoms with Gasteiger partial charge in [0.25, 0.3) is 5.91 Å². The smallest absolute Gasteiger partial charge is 0.310 e. The molecule has 1 fully saturated rings. The van der Waals surface area contributed by atoms with E-state index in [4.69, 9.17) is 4.74 Å². The number of hydrogen-bond donors (Lipinski definition) is 1. The van der Waals surface area contributed by atoms with Crippen LogP contribution < -0.4 is 10.2 Å². The zero-order chi connectivity index (χ0) is 15.9. The number of carbonyl (C=O) groups excluding carboxylic acids is 1. The Morgan fingerprint density at radius 2 is 2.09 bits per heavy atom. The van der Waals surface area contributed by atoms with Crippen molar-refractivity contribution in [3.05, 3.63) is 34.4 Å². The van der Waals surface area contributed by atoms with E-state index in [0.717, 1.165) is 31.4 Å². The Morgan fingerprint density at radius 3 is 2.77 bits per heavy atom. The molecule has 0 radical (unpaired) electrons. The number of carbonyl (C=O) groups is 1. The van der Waals surface area contributed by atoms with Crippen LogP contribution >= 0.6 is 0 Å². The highest BCUT2D eigenvalue weighted by Crippen LogP contribution is 2.25. The van der Waals surface area contributed by atoms with Gasteiger partial charge in [0.15, 0.2) is 12.4 Å². The Bertz CT molecular complexity index is 576. The molecule has 0 aliphatic heterocycles. The molecular formula is C15H19N3O4. The third-order valence-electron chi connectivity index (χ3n) is 3.61. The first-order valence-electron chi connectivity index (χ1n) is 7.26. The highest BCUT2D eigenvalue weighted by atomic mass is 16.6. The fraction of sp³-hybridized carbons (Fsp3) is 0.467. The average Bonchev–Trinajstić information content (AvgIpc) is 2.52. The van der Waals surface area contributed by atoms with Crippen LogP contribution in [0.5, 0.6) is 5.75 Å². The SMILES string of the molecule is CC1CCC(=NNC(=O)COc2ccccc2[N+](=O)[O-])CC1. The van der Waals surface area contributed by atoms with Crippen molar-refractivity contribution in [2.24, 2.45) is 11.0 Å². The third-order valence-corrected chi connectivity index (χ3v) is 3.61. The Kier molecular flexibility index (Phi) is 5.46. The summed E-state index contributed by atoms with van der Waals surface area (Å²) in [5.41, 5.74) is 3.26. The van der Waals surface area contributed by atoms with Gasteiger partial charge in [-0.2, -0.15) is 5.10 Å². The third kappa shape index (κ3) is 4.54. The maximum atomic E-state index is 11.7. The maximum Gasteiger partial charge on any atom is 0.310 e. The number of nitrogens with zero attached hydrogens (tertiary/aromatic N) is 2. The van der Waals surface area contributed by atoms with Crippen LogP contribution in [0.15, 0.2) is 29.4 Å². The van der Waals surface area contributed by atoms with E-state index >= 15 is 0 Å². The van der Waals surface area contributed by atoms with Crippen molar-refractivity contribution in [2.75, 3.05) is 6.61 Å². The van der Waals surface area contributed by atoms with E-state index < -0.39 is 10.8 Å². The molecule has 7 nitrogen and oxygen atoms in total. The second-order valence-corrected chi connectivity index (χ2v) is 5.41. The summed E-state index contributed by atoms with van der Waals surface area (Å²) in [6, 6.07) is 5.95. The van der Waals surface area contributed by atoms with Gasteiger partial charge >= 0.3 is 5.69 Å². The number of amides is 1. The Hall–Kier alpha value is -2.44. The van der Waals surface area contributed by atoms with Gasteiger partial charge in [-0.3, -0.25) is 14.9 Å². The molecule has 7 heteroatoms. The molecule has 0 atom stereocenters. The largest absolute Gasteiger partial charge is 0.477 e. The molecule has 1 aromatic rings. The minimum Gasteiger partial charge on any atom is -0.477 e. The first-order chi connectivity index (χ1) is 10.6. The van der Waals surface area contributed by atoms with Gasteiger partial charge < -0.3 is 4.74 Å². The number of para-hydroxylation sites is 2. The second-order valence-electron chi connectivity index (χ2n) is 5.41. The second kappa shape index (κ2) is 7.53. The molecule has 1 aliphatic carbocycles. The highest BCUT2D eigenvalue weighted by Gasteiger charge is 2.16. The van der Waals surface area contributed by atoms with Gasteiger partial charge in [0, 0.05) is 11.8 Å². The normalized spacial score (nSPS) is 17.7. The number of rotatable bonds is 5. The fourth-order valence-electron chi connectivity index (χ4n) is 2.25. The van der Waals surface area contributed by atoms with Crippen molar-refractivity contribution >= 4 is 17.3 Å². The molecule has 0 bridgehead atoms. The molecule has 2 rings (SSSR count). The number of benzene rings is 1. The van der Waals surface area contributed by atoms with Gasteiger partial charge in [0.2, 0.25) is 0 Å². The van der Waals surface area contributed by atoms with Crippen molar-refractivity contribution in [1.82, 2.24) is 5.43 Å². The van der Waals surface area contributed by atoms with Crippen molar-refractivity contribution in [2.45, 2.75) is 32.6 Å². The van der Waals surface area contributed by atoms with Crippen molar-refractivity contribution in [3.8, 4) is 5.75 Å². The first kappa shape index (κ1) is 15.9. The monoisotopic (exact) mass is 305 g/mol. The molecule has 118 valence electrons. The summed E-state index contributed by atoms with van der Waals surface area (Å²) < 4.78 is 5.19. The lowest BCUT2D eigenvalue weighted by Gasteiger charge is -2.18. The predicted molar refractivity (Wildman–Crippen MR) is 81.8 cm³/mol. The average molecular weight is 305 g/mol. The quantitative estimate of drug-likeness (QED) is 0.668. The first-order valence-corrected chi connectivity index (χ1v) is 7.26. The van der Waals surface area contributed by atoms with Crippen LogP contribution in [0, 0.1) is 16.0 Å². The van der Waals surface area contributed by atoms with Crippen molar-refractivity contribution in [1.29, 1.82) is 0 Å². The van der Waals surface area contributed by atoms with Crippen LogP contribution in [-0.4, -0.2) is 23.1 Å². The minimum atomic E-state index is -0.545. The van der Waals surface area contributed by atoms with Crippen LogP contribution in [-0.2, 0) is 4.79 Å². The number of nitro groups is 1. The highest BCUT2D eigenvalue weighted by molar-refractivity contribution is 5.87. The summed E-state index contributed by atoms with van der Waals surface area (Å²) in [4.78, 5) is 22.0. The van der Waals surface area contributed by atoms with Crippen LogP contribution in [0.2, 0.25) is 0 Å². The van der Waals surface area contributed by atoms with Gasteiger partial charge in [0.05, 0.1) is 4.92 Å². The van der Waals surface area contributed by atoms with Crippen LogP contribution in [0.1, 0.15) is 32.6 Å². The lowest BCUT2D eigenvalue weighted by atomic mass is 9.90. The van der Waals surface area contributed by atoms with Crippen molar-refractivity contribution in [3.63, 3.8) is 0 Å². The fourth-order valence-corrected chi connectivity index (χ4v) is 2.25. The topological polar surface area (TPSA) is 93.8 Å². The number of nitrogens with one attached hydrogen (secondary N) is 1. The van der Waals surface area contributed by atoms with Crippen LogP contribution in [0.3, 0.4) is 0 Å². The molecule has 0 aromatic heterocycles.